The number of carbonyl (C=O) groups is 1. The van der Waals surface area contributed by atoms with Gasteiger partial charge in [0.15, 0.2) is 0 Å². The topological polar surface area (TPSA) is 34.5 Å². The highest BCUT2D eigenvalue weighted by Crippen LogP contribution is 2.48. The molecule has 0 unspecified atom stereocenters. The zero-order valence-electron chi connectivity index (χ0n) is 15.1. The van der Waals surface area contributed by atoms with Gasteiger partial charge < -0.3 is 9.30 Å². The van der Waals surface area contributed by atoms with E-state index in [1.807, 2.05) is 12.1 Å². The van der Waals surface area contributed by atoms with Crippen molar-refractivity contribution in [1.29, 1.82) is 0 Å². The number of rotatable bonds is 3. The molecular formula is C21H26N2O2. The molecule has 0 saturated heterocycles. The lowest BCUT2D eigenvalue weighted by Gasteiger charge is -2.39. The molecule has 0 N–H and O–H groups in total. The van der Waals surface area contributed by atoms with Crippen LogP contribution in [0.15, 0.2) is 36.5 Å². The number of amides is 1. The molecule has 1 amide bonds. The lowest BCUT2D eigenvalue weighted by Crippen LogP contribution is -2.36. The van der Waals surface area contributed by atoms with Crippen LogP contribution in [0.5, 0.6) is 0 Å². The molecule has 3 heterocycles. The van der Waals surface area contributed by atoms with Crippen molar-refractivity contribution in [3.05, 3.63) is 42.2 Å². The number of hydrogen-bond acceptors (Lipinski definition) is 2. The maximum Gasteiger partial charge on any atom is 0.228 e. The fourth-order valence-electron chi connectivity index (χ4n) is 4.76. The Balaban J connectivity index is 1.98. The first kappa shape index (κ1) is 16.4. The number of ether oxygens (including phenoxy) is 1. The van der Waals surface area contributed by atoms with Crippen LogP contribution in [0.1, 0.15) is 44.7 Å². The molecule has 0 bridgehead atoms. The third-order valence-corrected chi connectivity index (χ3v) is 6.06. The van der Waals surface area contributed by atoms with Crippen LogP contribution in [0.4, 0.5) is 5.69 Å². The van der Waals surface area contributed by atoms with E-state index in [0.29, 0.717) is 13.2 Å². The van der Waals surface area contributed by atoms with Gasteiger partial charge in [-0.1, -0.05) is 25.1 Å². The van der Waals surface area contributed by atoms with Crippen molar-refractivity contribution >= 4 is 11.6 Å². The minimum absolute atomic E-state index is 0.100. The lowest BCUT2D eigenvalue weighted by molar-refractivity contribution is -0.120. The van der Waals surface area contributed by atoms with E-state index in [4.69, 9.17) is 4.74 Å². The molecule has 0 fully saturated rings. The first-order chi connectivity index (χ1) is 12.2. The van der Waals surface area contributed by atoms with Crippen LogP contribution in [0.2, 0.25) is 0 Å². The first-order valence-electron chi connectivity index (χ1n) is 9.28. The Morgan fingerprint density at radius 3 is 2.80 bits per heavy atom. The maximum atomic E-state index is 13.0. The molecule has 1 aromatic carbocycles. The zero-order valence-corrected chi connectivity index (χ0v) is 15.1. The third kappa shape index (κ3) is 2.51. The van der Waals surface area contributed by atoms with Crippen LogP contribution in [0, 0.1) is 0 Å². The highest BCUT2D eigenvalue weighted by Gasteiger charge is 2.40. The van der Waals surface area contributed by atoms with Gasteiger partial charge in [0.25, 0.3) is 0 Å². The molecule has 1 aromatic heterocycles. The highest BCUT2D eigenvalue weighted by atomic mass is 16.5. The quantitative estimate of drug-likeness (QED) is 0.835. The highest BCUT2D eigenvalue weighted by molar-refractivity contribution is 5.98. The van der Waals surface area contributed by atoms with Crippen molar-refractivity contribution in [1.82, 2.24) is 4.57 Å². The summed E-state index contributed by atoms with van der Waals surface area (Å²) < 4.78 is 7.78. The summed E-state index contributed by atoms with van der Waals surface area (Å²) in [6.45, 7) is 3.65. The molecule has 4 rings (SSSR count). The minimum atomic E-state index is 0.100. The molecule has 1 atom stereocenters. The number of carbonyl (C=O) groups excluding carboxylic acids is 1. The van der Waals surface area contributed by atoms with Gasteiger partial charge in [0.2, 0.25) is 5.91 Å². The largest absolute Gasteiger partial charge is 0.364 e. The minimum Gasteiger partial charge on any atom is -0.364 e. The summed E-state index contributed by atoms with van der Waals surface area (Å²) in [6.07, 6.45) is 7.13. The fraction of sp³-hybridized carbons (Fsp3) is 0.476. The molecule has 25 heavy (non-hydrogen) atoms. The van der Waals surface area contributed by atoms with E-state index in [-0.39, 0.29) is 11.3 Å². The van der Waals surface area contributed by atoms with Crippen LogP contribution in [0.3, 0.4) is 0 Å². The number of methoxy groups -OCH3 is 1. The van der Waals surface area contributed by atoms with Crippen molar-refractivity contribution in [3.63, 3.8) is 0 Å². The second-order valence-corrected chi connectivity index (χ2v) is 7.27. The van der Waals surface area contributed by atoms with Crippen molar-refractivity contribution < 1.29 is 9.53 Å². The van der Waals surface area contributed by atoms with Gasteiger partial charge in [-0.2, -0.15) is 0 Å². The molecule has 132 valence electrons. The molecule has 4 heteroatoms. The number of fused-ring (bicyclic) bond motifs is 2. The van der Waals surface area contributed by atoms with E-state index in [0.717, 1.165) is 30.6 Å². The van der Waals surface area contributed by atoms with Gasteiger partial charge in [-0.25, -0.2) is 0 Å². The Morgan fingerprint density at radius 1 is 1.16 bits per heavy atom. The average Bonchev–Trinajstić information content (AvgIpc) is 3.09. The molecule has 0 radical (unpaired) electrons. The normalized spacial score (nSPS) is 22.6. The Labute approximate surface area is 149 Å². The smallest absolute Gasteiger partial charge is 0.228 e. The summed E-state index contributed by atoms with van der Waals surface area (Å²) in [5, 5.41) is 0. The summed E-state index contributed by atoms with van der Waals surface area (Å²) in [6, 6.07) is 10.5. The van der Waals surface area contributed by atoms with E-state index in [2.05, 4.69) is 35.9 Å². The van der Waals surface area contributed by atoms with Gasteiger partial charge in [0.05, 0.1) is 5.69 Å². The molecule has 0 aliphatic carbocycles. The van der Waals surface area contributed by atoms with E-state index in [9.17, 15) is 4.79 Å². The predicted octanol–water partition coefficient (Wildman–Crippen LogP) is 4.33. The van der Waals surface area contributed by atoms with Gasteiger partial charge in [-0.3, -0.25) is 9.69 Å². The third-order valence-electron chi connectivity index (χ3n) is 6.06. The van der Waals surface area contributed by atoms with E-state index in [1.54, 1.807) is 12.0 Å². The molecule has 0 spiro atoms. The van der Waals surface area contributed by atoms with E-state index in [1.165, 1.54) is 24.1 Å². The maximum absolute atomic E-state index is 13.0. The van der Waals surface area contributed by atoms with Crippen LogP contribution >= 0.6 is 0 Å². The molecule has 2 aromatic rings. The SMILES string of the molecule is CC[C@@]12CCCn3ccc(c31)-c1ccccc1N(COC)C(=O)CC2. The first-order valence-corrected chi connectivity index (χ1v) is 9.28. The monoisotopic (exact) mass is 338 g/mol. The molecule has 2 aliphatic rings. The van der Waals surface area contributed by atoms with Gasteiger partial charge >= 0.3 is 0 Å². The number of para-hydroxylation sites is 1. The summed E-state index contributed by atoms with van der Waals surface area (Å²) in [7, 11) is 1.65. The van der Waals surface area contributed by atoms with Crippen LogP contribution in [-0.2, 0) is 21.5 Å². The molecule has 4 nitrogen and oxygen atoms in total. The van der Waals surface area contributed by atoms with Gasteiger partial charge in [-0.05, 0) is 37.8 Å². The van der Waals surface area contributed by atoms with Crippen LogP contribution in [-0.4, -0.2) is 24.3 Å². The summed E-state index contributed by atoms with van der Waals surface area (Å²) in [5.74, 6) is 0.157. The van der Waals surface area contributed by atoms with Gasteiger partial charge in [0.1, 0.15) is 6.73 Å². The van der Waals surface area contributed by atoms with Crippen LogP contribution < -0.4 is 4.90 Å². The second-order valence-electron chi connectivity index (χ2n) is 7.27. The predicted molar refractivity (Wildman–Crippen MR) is 99.7 cm³/mol. The van der Waals surface area contributed by atoms with Crippen molar-refractivity contribution in [2.45, 2.75) is 51.0 Å². The number of aromatic nitrogens is 1. The number of aryl methyl sites for hydroxylation is 1. The van der Waals surface area contributed by atoms with Gasteiger partial charge in [0, 0.05) is 48.5 Å². The van der Waals surface area contributed by atoms with E-state index >= 15 is 0 Å². The average molecular weight is 338 g/mol. The summed E-state index contributed by atoms with van der Waals surface area (Å²) in [4.78, 5) is 14.8. The van der Waals surface area contributed by atoms with Crippen LogP contribution in [0.25, 0.3) is 11.1 Å². The standard InChI is InChI=1S/C21H26N2O2/c1-3-21-11-6-13-22-14-10-17(20(21)22)16-7-4-5-8-18(16)23(15-25-2)19(24)9-12-21/h4-5,7-8,10,14H,3,6,9,11-13,15H2,1-2H3/t21-/m0/s1. The summed E-state index contributed by atoms with van der Waals surface area (Å²) in [5.41, 5.74) is 4.92. The fourth-order valence-corrected chi connectivity index (χ4v) is 4.76. The molecule has 2 aliphatic heterocycles. The summed E-state index contributed by atoms with van der Waals surface area (Å²) >= 11 is 0. The Bertz CT molecular complexity index is 795. The molecule has 0 saturated carbocycles. The molecular weight excluding hydrogens is 312 g/mol. The van der Waals surface area contributed by atoms with Gasteiger partial charge in [-0.15, -0.1) is 0 Å². The number of hydrogen-bond donors (Lipinski definition) is 0. The lowest BCUT2D eigenvalue weighted by atomic mass is 9.70. The van der Waals surface area contributed by atoms with Crippen molar-refractivity contribution in [2.75, 3.05) is 18.7 Å². The van der Waals surface area contributed by atoms with Crippen molar-refractivity contribution in [3.8, 4) is 11.1 Å². The Kier molecular flexibility index (Phi) is 4.16. The second kappa shape index (κ2) is 6.34. The number of benzene rings is 1. The Morgan fingerprint density at radius 2 is 2.00 bits per heavy atom. The number of nitrogens with zero attached hydrogens (tertiary/aromatic N) is 2. The van der Waals surface area contributed by atoms with E-state index < -0.39 is 0 Å². The zero-order chi connectivity index (χ0) is 17.4. The number of anilines is 1. The van der Waals surface area contributed by atoms with Crippen molar-refractivity contribution in [2.24, 2.45) is 0 Å². The Hall–Kier alpha value is -2.07.